The van der Waals surface area contributed by atoms with Crippen molar-refractivity contribution in [3.63, 3.8) is 0 Å². The van der Waals surface area contributed by atoms with E-state index in [-0.39, 0.29) is 32.7 Å². The summed E-state index contributed by atoms with van der Waals surface area (Å²) in [5.74, 6) is 0. The first-order chi connectivity index (χ1) is 3.93. The van der Waals surface area contributed by atoms with Crippen molar-refractivity contribution < 1.29 is 32.7 Å². The van der Waals surface area contributed by atoms with Gasteiger partial charge in [0.25, 0.3) is 0 Å². The number of hydrogen-bond acceptors (Lipinski definition) is 2. The first-order valence-electron chi connectivity index (χ1n) is 2.40. The predicted molar refractivity (Wildman–Crippen MR) is 30.8 cm³/mol. The Labute approximate surface area is 79.5 Å². The molecule has 0 aliphatic carbocycles. The number of H-pyrrole nitrogens is 1. The number of aromatic amines is 1. The summed E-state index contributed by atoms with van der Waals surface area (Å²) in [5.41, 5.74) is 1.06. The molecular formula is C5H8N3Y-. The van der Waals surface area contributed by atoms with Crippen molar-refractivity contribution in [1.29, 1.82) is 0 Å². The second kappa shape index (κ2) is 5.09. The fraction of sp³-hybridized carbons (Fsp3) is 0.200. The molecule has 1 aromatic rings. The summed E-state index contributed by atoms with van der Waals surface area (Å²) in [5, 5.41) is 2.75. The molecule has 2 N–H and O–H groups in total. The Hall–Kier alpha value is 0.274. The van der Waals surface area contributed by atoms with Crippen LogP contribution in [0.3, 0.4) is 0 Å². The average molecular weight is 199 g/mol. The standard InChI is InChI=1S/C5H8N3.Y/c1-6-2-5-3-7-4-8-5;/h3-4,6H,1-2H2,(H,7,8);/q-1;. The molecule has 1 rings (SSSR count). The summed E-state index contributed by atoms with van der Waals surface area (Å²) in [7, 11) is 3.46. The summed E-state index contributed by atoms with van der Waals surface area (Å²) >= 11 is 0. The van der Waals surface area contributed by atoms with Gasteiger partial charge in [-0.1, -0.05) is 0 Å². The molecule has 0 aliphatic heterocycles. The van der Waals surface area contributed by atoms with Crippen LogP contribution in [0.15, 0.2) is 12.5 Å². The van der Waals surface area contributed by atoms with Crippen LogP contribution in [0.1, 0.15) is 5.69 Å². The molecule has 0 saturated heterocycles. The Morgan fingerprint density at radius 3 is 3.00 bits per heavy atom. The molecule has 0 fully saturated rings. The first-order valence-corrected chi connectivity index (χ1v) is 2.40. The van der Waals surface area contributed by atoms with Gasteiger partial charge in [0.2, 0.25) is 0 Å². The summed E-state index contributed by atoms with van der Waals surface area (Å²) < 4.78 is 0. The molecule has 0 bridgehead atoms. The van der Waals surface area contributed by atoms with E-state index in [9.17, 15) is 0 Å². The molecule has 47 valence electrons. The summed E-state index contributed by atoms with van der Waals surface area (Å²) in [6, 6.07) is 0. The maximum atomic E-state index is 3.82. The normalized spacial score (nSPS) is 8.56. The van der Waals surface area contributed by atoms with E-state index < -0.39 is 0 Å². The number of aromatic nitrogens is 2. The van der Waals surface area contributed by atoms with Gasteiger partial charge in [0.1, 0.15) is 0 Å². The van der Waals surface area contributed by atoms with E-state index in [2.05, 4.69) is 22.3 Å². The van der Waals surface area contributed by atoms with E-state index in [0.29, 0.717) is 0 Å². The van der Waals surface area contributed by atoms with Gasteiger partial charge in [-0.25, -0.2) is 4.98 Å². The van der Waals surface area contributed by atoms with E-state index in [4.69, 9.17) is 0 Å². The minimum atomic E-state index is 0. The second-order valence-corrected chi connectivity index (χ2v) is 1.50. The van der Waals surface area contributed by atoms with Crippen molar-refractivity contribution >= 4 is 0 Å². The average Bonchev–Trinajstić information content (AvgIpc) is 2.19. The van der Waals surface area contributed by atoms with E-state index >= 15 is 0 Å². The van der Waals surface area contributed by atoms with Crippen LogP contribution >= 0.6 is 0 Å². The Bertz CT molecular complexity index is 138. The van der Waals surface area contributed by atoms with Crippen LogP contribution in [0.5, 0.6) is 0 Å². The third kappa shape index (κ3) is 3.09. The zero-order chi connectivity index (χ0) is 5.82. The minimum absolute atomic E-state index is 0. The number of nitrogens with zero attached hydrogens (tertiary/aromatic N) is 1. The summed E-state index contributed by atoms with van der Waals surface area (Å²) in [6.07, 6.45) is 3.41. The minimum Gasteiger partial charge on any atom is -0.468 e. The Kier molecular flexibility index (Phi) is 5.24. The molecule has 0 spiro atoms. The molecule has 0 aromatic carbocycles. The Morgan fingerprint density at radius 2 is 2.56 bits per heavy atom. The van der Waals surface area contributed by atoms with Crippen molar-refractivity contribution in [3.05, 3.63) is 25.3 Å². The quantitative estimate of drug-likeness (QED) is 0.672. The van der Waals surface area contributed by atoms with E-state index in [1.807, 2.05) is 0 Å². The molecule has 1 heterocycles. The number of rotatable bonds is 2. The Morgan fingerprint density at radius 1 is 1.78 bits per heavy atom. The third-order valence-electron chi connectivity index (χ3n) is 0.870. The van der Waals surface area contributed by atoms with E-state index in [1.54, 1.807) is 12.5 Å². The van der Waals surface area contributed by atoms with Gasteiger partial charge in [-0.15, -0.1) is 0 Å². The topological polar surface area (TPSA) is 40.7 Å². The zero-order valence-corrected chi connectivity index (χ0v) is 7.93. The molecule has 1 radical (unpaired) electrons. The van der Waals surface area contributed by atoms with Crippen molar-refractivity contribution in [2.75, 3.05) is 0 Å². The molecule has 0 saturated carbocycles. The fourth-order valence-corrected chi connectivity index (χ4v) is 0.516. The predicted octanol–water partition coefficient (Wildman–Crippen LogP) is 0.288. The maximum Gasteiger partial charge on any atom is 0.0922 e. The van der Waals surface area contributed by atoms with Gasteiger partial charge in [0.15, 0.2) is 0 Å². The van der Waals surface area contributed by atoms with Crippen molar-refractivity contribution in [2.24, 2.45) is 0 Å². The SMILES string of the molecule is [CH2-]NCc1cnc[nH]1.[Y]. The molecule has 9 heavy (non-hydrogen) atoms. The molecule has 0 aliphatic rings. The summed E-state index contributed by atoms with van der Waals surface area (Å²) in [4.78, 5) is 6.74. The third-order valence-corrected chi connectivity index (χ3v) is 0.870. The van der Waals surface area contributed by atoms with Gasteiger partial charge in [0, 0.05) is 51.1 Å². The molecule has 0 unspecified atom stereocenters. The molecular weight excluding hydrogens is 191 g/mol. The van der Waals surface area contributed by atoms with E-state index in [1.165, 1.54) is 0 Å². The second-order valence-electron chi connectivity index (χ2n) is 1.50. The van der Waals surface area contributed by atoms with Crippen LogP contribution in [0.25, 0.3) is 0 Å². The summed E-state index contributed by atoms with van der Waals surface area (Å²) in [6.45, 7) is 0.750. The van der Waals surface area contributed by atoms with Crippen LogP contribution in [-0.4, -0.2) is 9.97 Å². The van der Waals surface area contributed by atoms with Gasteiger partial charge in [-0.3, -0.25) is 7.05 Å². The van der Waals surface area contributed by atoms with Crippen LogP contribution in [0.2, 0.25) is 0 Å². The van der Waals surface area contributed by atoms with Crippen LogP contribution in [-0.2, 0) is 39.3 Å². The van der Waals surface area contributed by atoms with E-state index in [0.717, 1.165) is 12.2 Å². The molecule has 1 aromatic heterocycles. The number of hydrogen-bond donors (Lipinski definition) is 2. The van der Waals surface area contributed by atoms with Gasteiger partial charge < -0.3 is 10.3 Å². The maximum absolute atomic E-state index is 3.82. The van der Waals surface area contributed by atoms with Gasteiger partial charge in [0.05, 0.1) is 6.33 Å². The monoisotopic (exact) mass is 199 g/mol. The molecule has 4 heteroatoms. The van der Waals surface area contributed by atoms with Crippen LogP contribution in [0, 0.1) is 7.05 Å². The van der Waals surface area contributed by atoms with Crippen LogP contribution in [0.4, 0.5) is 0 Å². The van der Waals surface area contributed by atoms with Gasteiger partial charge >= 0.3 is 0 Å². The largest absolute Gasteiger partial charge is 0.468 e. The fourth-order valence-electron chi connectivity index (χ4n) is 0.516. The first kappa shape index (κ1) is 9.27. The molecule has 0 amide bonds. The van der Waals surface area contributed by atoms with Gasteiger partial charge in [-0.2, -0.15) is 0 Å². The smallest absolute Gasteiger partial charge is 0.0922 e. The zero-order valence-electron chi connectivity index (χ0n) is 5.09. The number of nitrogens with one attached hydrogen (secondary N) is 2. The van der Waals surface area contributed by atoms with Crippen molar-refractivity contribution in [1.82, 2.24) is 15.3 Å². The van der Waals surface area contributed by atoms with Crippen molar-refractivity contribution in [3.8, 4) is 0 Å². The van der Waals surface area contributed by atoms with Crippen LogP contribution < -0.4 is 5.32 Å². The molecule has 0 atom stereocenters. The van der Waals surface area contributed by atoms with Crippen molar-refractivity contribution in [2.45, 2.75) is 6.54 Å². The van der Waals surface area contributed by atoms with Gasteiger partial charge in [-0.05, 0) is 0 Å². The number of imidazole rings is 1. The Balaban J connectivity index is 0.000000640. The molecule has 3 nitrogen and oxygen atoms in total.